The number of rotatable bonds is 1. The van der Waals surface area contributed by atoms with Gasteiger partial charge < -0.3 is 5.73 Å². The summed E-state index contributed by atoms with van der Waals surface area (Å²) >= 11 is 0. The standard InChI is InChI=1S/C10H10F3N/c11-10(12,13)8-2-1-6-3-7(5-14)9(6)4-8/h1-2,4,7H,3,5,14H2. The molecule has 1 atom stereocenters. The van der Waals surface area contributed by atoms with Gasteiger partial charge in [-0.2, -0.15) is 13.2 Å². The molecule has 4 heteroatoms. The van der Waals surface area contributed by atoms with Crippen LogP contribution in [-0.2, 0) is 12.6 Å². The van der Waals surface area contributed by atoms with Crippen molar-refractivity contribution in [3.63, 3.8) is 0 Å². The van der Waals surface area contributed by atoms with Crippen LogP contribution in [-0.4, -0.2) is 6.54 Å². The number of hydrogen-bond acceptors (Lipinski definition) is 1. The maximum absolute atomic E-state index is 12.3. The monoisotopic (exact) mass is 201 g/mol. The minimum atomic E-state index is -4.25. The van der Waals surface area contributed by atoms with Gasteiger partial charge in [0.2, 0.25) is 0 Å². The Morgan fingerprint density at radius 1 is 1.36 bits per heavy atom. The molecule has 0 saturated carbocycles. The molecule has 0 heterocycles. The molecule has 1 aliphatic carbocycles. The Balaban J connectivity index is 2.36. The van der Waals surface area contributed by atoms with Crippen molar-refractivity contribution in [2.45, 2.75) is 18.5 Å². The molecule has 0 spiro atoms. The molecule has 1 nitrogen and oxygen atoms in total. The van der Waals surface area contributed by atoms with Gasteiger partial charge in [-0.25, -0.2) is 0 Å². The van der Waals surface area contributed by atoms with Crippen LogP contribution in [0.3, 0.4) is 0 Å². The van der Waals surface area contributed by atoms with Crippen LogP contribution in [0.4, 0.5) is 13.2 Å². The lowest BCUT2D eigenvalue weighted by Gasteiger charge is -2.29. The fourth-order valence-corrected chi connectivity index (χ4v) is 1.79. The van der Waals surface area contributed by atoms with Crippen molar-refractivity contribution in [1.29, 1.82) is 0 Å². The van der Waals surface area contributed by atoms with E-state index in [-0.39, 0.29) is 5.92 Å². The summed E-state index contributed by atoms with van der Waals surface area (Å²) in [4.78, 5) is 0. The summed E-state index contributed by atoms with van der Waals surface area (Å²) in [5, 5.41) is 0. The molecular formula is C10H10F3N. The summed E-state index contributed by atoms with van der Waals surface area (Å²) in [7, 11) is 0. The van der Waals surface area contributed by atoms with E-state index in [1.54, 1.807) is 6.07 Å². The molecule has 1 aliphatic rings. The van der Waals surface area contributed by atoms with Crippen LogP contribution in [0.5, 0.6) is 0 Å². The van der Waals surface area contributed by atoms with Crippen molar-refractivity contribution >= 4 is 0 Å². The van der Waals surface area contributed by atoms with Crippen molar-refractivity contribution in [2.24, 2.45) is 5.73 Å². The summed E-state index contributed by atoms with van der Waals surface area (Å²) < 4.78 is 37.0. The van der Waals surface area contributed by atoms with Crippen LogP contribution in [0.1, 0.15) is 22.6 Å². The largest absolute Gasteiger partial charge is 0.416 e. The maximum atomic E-state index is 12.3. The molecule has 1 unspecified atom stereocenters. The Kier molecular flexibility index (Phi) is 2.03. The summed E-state index contributed by atoms with van der Waals surface area (Å²) in [5.74, 6) is 0.118. The highest BCUT2D eigenvalue weighted by Gasteiger charge is 2.34. The molecule has 0 fully saturated rings. The zero-order valence-corrected chi connectivity index (χ0v) is 7.43. The van der Waals surface area contributed by atoms with E-state index in [4.69, 9.17) is 5.73 Å². The Morgan fingerprint density at radius 2 is 2.07 bits per heavy atom. The first-order valence-corrected chi connectivity index (χ1v) is 4.42. The molecule has 0 saturated heterocycles. The van der Waals surface area contributed by atoms with Crippen LogP contribution in [0.2, 0.25) is 0 Å². The fourth-order valence-electron chi connectivity index (χ4n) is 1.79. The van der Waals surface area contributed by atoms with Gasteiger partial charge in [0.15, 0.2) is 0 Å². The lowest BCUT2D eigenvalue weighted by Crippen LogP contribution is -2.25. The van der Waals surface area contributed by atoms with Gasteiger partial charge in [-0.1, -0.05) is 6.07 Å². The lowest BCUT2D eigenvalue weighted by molar-refractivity contribution is -0.137. The molecule has 0 bridgehead atoms. The predicted molar refractivity (Wildman–Crippen MR) is 46.9 cm³/mol. The molecular weight excluding hydrogens is 191 g/mol. The zero-order valence-electron chi connectivity index (χ0n) is 7.43. The van der Waals surface area contributed by atoms with Gasteiger partial charge in [0.05, 0.1) is 5.56 Å². The second kappa shape index (κ2) is 2.98. The SMILES string of the molecule is NCC1Cc2ccc(C(F)(F)F)cc21. The fraction of sp³-hybridized carbons (Fsp3) is 0.400. The minimum Gasteiger partial charge on any atom is -0.330 e. The van der Waals surface area contributed by atoms with Gasteiger partial charge in [-0.3, -0.25) is 0 Å². The van der Waals surface area contributed by atoms with E-state index in [0.717, 1.165) is 23.6 Å². The van der Waals surface area contributed by atoms with Crippen molar-refractivity contribution in [1.82, 2.24) is 0 Å². The van der Waals surface area contributed by atoms with Crippen LogP contribution in [0, 0.1) is 0 Å². The summed E-state index contributed by atoms with van der Waals surface area (Å²) in [6, 6.07) is 3.90. The normalized spacial score (nSPS) is 20.1. The minimum absolute atomic E-state index is 0.118. The predicted octanol–water partition coefficient (Wildman–Crippen LogP) is 2.30. The van der Waals surface area contributed by atoms with Gasteiger partial charge >= 0.3 is 6.18 Å². The average molecular weight is 201 g/mol. The third-order valence-corrected chi connectivity index (χ3v) is 2.66. The number of alkyl halides is 3. The van der Waals surface area contributed by atoms with E-state index < -0.39 is 11.7 Å². The summed E-state index contributed by atoms with van der Waals surface area (Å²) in [6.07, 6.45) is -3.44. The number of fused-ring (bicyclic) bond motifs is 1. The van der Waals surface area contributed by atoms with E-state index in [1.165, 1.54) is 6.07 Å². The van der Waals surface area contributed by atoms with Gasteiger partial charge in [0, 0.05) is 5.92 Å². The Morgan fingerprint density at radius 3 is 2.64 bits per heavy atom. The van der Waals surface area contributed by atoms with E-state index in [9.17, 15) is 13.2 Å². The molecule has 2 rings (SSSR count). The molecule has 0 aliphatic heterocycles. The molecule has 76 valence electrons. The maximum Gasteiger partial charge on any atom is 0.416 e. The van der Waals surface area contributed by atoms with Crippen molar-refractivity contribution in [3.8, 4) is 0 Å². The topological polar surface area (TPSA) is 26.0 Å². The van der Waals surface area contributed by atoms with Gasteiger partial charge in [-0.15, -0.1) is 0 Å². The van der Waals surface area contributed by atoms with Gasteiger partial charge in [-0.05, 0) is 36.2 Å². The highest BCUT2D eigenvalue weighted by molar-refractivity contribution is 5.43. The van der Waals surface area contributed by atoms with Crippen molar-refractivity contribution < 1.29 is 13.2 Å². The molecule has 0 radical (unpaired) electrons. The lowest BCUT2D eigenvalue weighted by atomic mass is 9.77. The third kappa shape index (κ3) is 1.39. The van der Waals surface area contributed by atoms with Crippen molar-refractivity contribution in [3.05, 3.63) is 34.9 Å². The third-order valence-electron chi connectivity index (χ3n) is 2.66. The quantitative estimate of drug-likeness (QED) is 0.741. The molecule has 14 heavy (non-hydrogen) atoms. The van der Waals surface area contributed by atoms with Gasteiger partial charge in [0.1, 0.15) is 0 Å². The molecule has 1 aromatic rings. The van der Waals surface area contributed by atoms with E-state index in [0.29, 0.717) is 6.54 Å². The average Bonchev–Trinajstić information content (AvgIpc) is 2.05. The Labute approximate surface area is 79.7 Å². The summed E-state index contributed by atoms with van der Waals surface area (Å²) in [5.41, 5.74) is 6.61. The first-order valence-electron chi connectivity index (χ1n) is 4.42. The first-order chi connectivity index (χ1) is 6.52. The van der Waals surface area contributed by atoms with E-state index in [2.05, 4.69) is 0 Å². The van der Waals surface area contributed by atoms with Crippen LogP contribution >= 0.6 is 0 Å². The molecule has 2 N–H and O–H groups in total. The van der Waals surface area contributed by atoms with Crippen LogP contribution < -0.4 is 5.73 Å². The highest BCUT2D eigenvalue weighted by atomic mass is 19.4. The number of benzene rings is 1. The second-order valence-electron chi connectivity index (χ2n) is 3.55. The molecule has 1 aromatic carbocycles. The Hall–Kier alpha value is -1.03. The van der Waals surface area contributed by atoms with Crippen molar-refractivity contribution in [2.75, 3.05) is 6.54 Å². The molecule has 0 aromatic heterocycles. The highest BCUT2D eigenvalue weighted by Crippen LogP contribution is 2.38. The summed E-state index contributed by atoms with van der Waals surface area (Å²) in [6.45, 7) is 0.425. The number of hydrogen-bond donors (Lipinski definition) is 1. The van der Waals surface area contributed by atoms with Crippen LogP contribution in [0.25, 0.3) is 0 Å². The number of nitrogens with two attached hydrogens (primary N) is 1. The first kappa shape index (κ1) is 9.52. The molecule has 0 amide bonds. The zero-order chi connectivity index (χ0) is 10.3. The smallest absolute Gasteiger partial charge is 0.330 e. The number of halogens is 3. The van der Waals surface area contributed by atoms with E-state index >= 15 is 0 Å². The van der Waals surface area contributed by atoms with E-state index in [1.807, 2.05) is 0 Å². The van der Waals surface area contributed by atoms with Gasteiger partial charge in [0.25, 0.3) is 0 Å². The van der Waals surface area contributed by atoms with Crippen LogP contribution in [0.15, 0.2) is 18.2 Å². The Bertz CT molecular complexity index is 357. The second-order valence-corrected chi connectivity index (χ2v) is 3.55.